The Morgan fingerprint density at radius 2 is 1.76 bits per heavy atom. The van der Waals surface area contributed by atoms with Gasteiger partial charge in [0, 0.05) is 37.4 Å². The van der Waals surface area contributed by atoms with E-state index in [2.05, 4.69) is 26.9 Å². The second-order valence-electron chi connectivity index (χ2n) is 8.95. The molecule has 4 rings (SSSR count). The average Bonchev–Trinajstić information content (AvgIpc) is 3.33. The van der Waals surface area contributed by atoms with Crippen molar-refractivity contribution >= 4 is 23.6 Å². The number of carbonyl (C=O) groups excluding carboxylic acids is 2. The number of esters is 1. The van der Waals surface area contributed by atoms with Crippen LogP contribution in [0.4, 0.5) is 0 Å². The normalized spacial score (nSPS) is 13.9. The molecule has 37 heavy (non-hydrogen) atoms. The Hall–Kier alpha value is -3.33. The van der Waals surface area contributed by atoms with Crippen molar-refractivity contribution in [2.45, 2.75) is 44.2 Å². The van der Waals surface area contributed by atoms with Gasteiger partial charge in [-0.05, 0) is 56.0 Å². The SMILES string of the molecule is CCOC(=O)C1CCN(C(=O)CCCSc2nnc(Cc3ccccc3)n2-c2ccc(OC)cc2)CC1. The maximum atomic E-state index is 12.7. The fourth-order valence-corrected chi connectivity index (χ4v) is 5.36. The minimum absolute atomic E-state index is 0.0889. The van der Waals surface area contributed by atoms with Crippen LogP contribution in [0.25, 0.3) is 5.69 Å². The van der Waals surface area contributed by atoms with Crippen LogP contribution in [0.3, 0.4) is 0 Å². The highest BCUT2D eigenvalue weighted by molar-refractivity contribution is 7.99. The van der Waals surface area contributed by atoms with E-state index in [1.165, 1.54) is 5.56 Å². The quantitative estimate of drug-likeness (QED) is 0.208. The zero-order chi connectivity index (χ0) is 26.0. The number of rotatable bonds is 11. The number of thioether (sulfide) groups is 1. The van der Waals surface area contributed by atoms with E-state index in [1.54, 1.807) is 18.9 Å². The highest BCUT2D eigenvalue weighted by Crippen LogP contribution is 2.26. The van der Waals surface area contributed by atoms with Gasteiger partial charge in [0.15, 0.2) is 5.16 Å². The summed E-state index contributed by atoms with van der Waals surface area (Å²) in [7, 11) is 1.65. The lowest BCUT2D eigenvalue weighted by Crippen LogP contribution is -2.40. The van der Waals surface area contributed by atoms with E-state index < -0.39 is 0 Å². The number of benzene rings is 2. The summed E-state index contributed by atoms with van der Waals surface area (Å²) in [5.74, 6) is 2.32. The summed E-state index contributed by atoms with van der Waals surface area (Å²) < 4.78 is 12.5. The minimum atomic E-state index is -0.140. The largest absolute Gasteiger partial charge is 0.497 e. The molecule has 0 saturated carbocycles. The molecule has 1 saturated heterocycles. The molecular weight excluding hydrogens is 488 g/mol. The molecule has 1 aromatic heterocycles. The van der Waals surface area contributed by atoms with Crippen LogP contribution in [-0.4, -0.2) is 64.1 Å². The average molecular weight is 523 g/mol. The van der Waals surface area contributed by atoms with Gasteiger partial charge < -0.3 is 14.4 Å². The molecule has 0 N–H and O–H groups in total. The monoisotopic (exact) mass is 522 g/mol. The number of ether oxygens (including phenoxy) is 2. The molecule has 1 fully saturated rings. The van der Waals surface area contributed by atoms with Gasteiger partial charge in [-0.1, -0.05) is 42.1 Å². The van der Waals surface area contributed by atoms with Crippen molar-refractivity contribution in [1.82, 2.24) is 19.7 Å². The standard InChI is InChI=1S/C28H34N4O4S/c1-3-36-27(34)22-15-17-31(18-16-22)26(33)10-7-19-37-28-30-29-25(20-21-8-5-4-6-9-21)32(28)23-11-13-24(35-2)14-12-23/h4-6,8-9,11-14,22H,3,7,10,15-20H2,1-2H3. The Morgan fingerprint density at radius 3 is 2.43 bits per heavy atom. The first-order chi connectivity index (χ1) is 18.1. The molecule has 0 aliphatic carbocycles. The number of aromatic nitrogens is 3. The summed E-state index contributed by atoms with van der Waals surface area (Å²) in [5.41, 5.74) is 2.14. The number of likely N-dealkylation sites (tertiary alicyclic amines) is 1. The molecule has 1 amide bonds. The summed E-state index contributed by atoms with van der Waals surface area (Å²) in [6.45, 7) is 3.45. The maximum Gasteiger partial charge on any atom is 0.309 e. The number of methoxy groups -OCH3 is 1. The molecular formula is C28H34N4O4S. The van der Waals surface area contributed by atoms with Crippen molar-refractivity contribution in [3.63, 3.8) is 0 Å². The molecule has 0 bridgehead atoms. The van der Waals surface area contributed by atoms with E-state index in [0.717, 1.165) is 34.6 Å². The first-order valence-electron chi connectivity index (χ1n) is 12.8. The Balaban J connectivity index is 1.34. The van der Waals surface area contributed by atoms with Gasteiger partial charge >= 0.3 is 5.97 Å². The minimum Gasteiger partial charge on any atom is -0.497 e. The molecule has 0 radical (unpaired) electrons. The molecule has 9 heteroatoms. The zero-order valence-electron chi connectivity index (χ0n) is 21.5. The number of hydrogen-bond acceptors (Lipinski definition) is 7. The highest BCUT2D eigenvalue weighted by atomic mass is 32.2. The molecule has 0 spiro atoms. The third-order valence-corrected chi connectivity index (χ3v) is 7.49. The maximum absolute atomic E-state index is 12.7. The Morgan fingerprint density at radius 1 is 1.03 bits per heavy atom. The van der Waals surface area contributed by atoms with E-state index in [4.69, 9.17) is 9.47 Å². The summed E-state index contributed by atoms with van der Waals surface area (Å²) in [4.78, 5) is 26.5. The van der Waals surface area contributed by atoms with Crippen molar-refractivity contribution in [2.24, 2.45) is 5.92 Å². The predicted octanol–water partition coefficient (Wildman–Crippen LogP) is 4.54. The van der Waals surface area contributed by atoms with Gasteiger partial charge in [0.1, 0.15) is 11.6 Å². The van der Waals surface area contributed by atoms with Crippen LogP contribution < -0.4 is 4.74 Å². The number of hydrogen-bond donors (Lipinski definition) is 0. The number of amides is 1. The first-order valence-corrected chi connectivity index (χ1v) is 13.8. The summed E-state index contributed by atoms with van der Waals surface area (Å²) >= 11 is 1.61. The van der Waals surface area contributed by atoms with Crippen molar-refractivity contribution in [1.29, 1.82) is 0 Å². The van der Waals surface area contributed by atoms with Crippen molar-refractivity contribution in [3.05, 3.63) is 66.0 Å². The van der Waals surface area contributed by atoms with Crippen molar-refractivity contribution in [2.75, 3.05) is 32.6 Å². The van der Waals surface area contributed by atoms with Crippen LogP contribution in [0.15, 0.2) is 59.8 Å². The fourth-order valence-electron chi connectivity index (χ4n) is 4.45. The van der Waals surface area contributed by atoms with Gasteiger partial charge in [-0.25, -0.2) is 0 Å². The van der Waals surface area contributed by atoms with E-state index in [1.807, 2.05) is 54.3 Å². The molecule has 196 valence electrons. The molecule has 1 aliphatic heterocycles. The van der Waals surface area contributed by atoms with E-state index in [-0.39, 0.29) is 17.8 Å². The van der Waals surface area contributed by atoms with Gasteiger partial charge in [-0.3, -0.25) is 14.2 Å². The molecule has 0 unspecified atom stereocenters. The van der Waals surface area contributed by atoms with Gasteiger partial charge in [0.25, 0.3) is 0 Å². The second-order valence-corrected chi connectivity index (χ2v) is 10.0. The van der Waals surface area contributed by atoms with E-state index >= 15 is 0 Å². The zero-order valence-corrected chi connectivity index (χ0v) is 22.3. The van der Waals surface area contributed by atoms with Gasteiger partial charge in [0.2, 0.25) is 5.91 Å². The first kappa shape index (κ1) is 26.7. The fraction of sp³-hybridized carbons (Fsp3) is 0.429. The lowest BCUT2D eigenvalue weighted by molar-refractivity contribution is -0.151. The van der Waals surface area contributed by atoms with Gasteiger partial charge in [-0.15, -0.1) is 10.2 Å². The van der Waals surface area contributed by atoms with Crippen LogP contribution in [0.2, 0.25) is 0 Å². The third kappa shape index (κ3) is 7.13. The van der Waals surface area contributed by atoms with Crippen LogP contribution >= 0.6 is 11.8 Å². The Labute approximate surface area is 222 Å². The Bertz CT molecular complexity index is 1160. The lowest BCUT2D eigenvalue weighted by Gasteiger charge is -2.31. The van der Waals surface area contributed by atoms with Crippen LogP contribution in [0, 0.1) is 5.92 Å². The van der Waals surface area contributed by atoms with Gasteiger partial charge in [-0.2, -0.15) is 0 Å². The molecule has 2 heterocycles. The lowest BCUT2D eigenvalue weighted by atomic mass is 9.97. The van der Waals surface area contributed by atoms with Gasteiger partial charge in [0.05, 0.1) is 19.6 Å². The molecule has 8 nitrogen and oxygen atoms in total. The summed E-state index contributed by atoms with van der Waals surface area (Å²) in [5, 5.41) is 9.79. The number of piperidine rings is 1. The van der Waals surface area contributed by atoms with E-state index in [9.17, 15) is 9.59 Å². The van der Waals surface area contributed by atoms with Crippen molar-refractivity contribution in [3.8, 4) is 11.4 Å². The third-order valence-electron chi connectivity index (χ3n) is 6.47. The molecule has 1 aliphatic rings. The number of nitrogens with zero attached hydrogens (tertiary/aromatic N) is 4. The van der Waals surface area contributed by atoms with Crippen LogP contribution in [0.5, 0.6) is 5.75 Å². The van der Waals surface area contributed by atoms with Crippen molar-refractivity contribution < 1.29 is 19.1 Å². The molecule has 3 aromatic rings. The summed E-state index contributed by atoms with van der Waals surface area (Å²) in [6, 6.07) is 18.1. The summed E-state index contributed by atoms with van der Waals surface area (Å²) in [6.07, 6.45) is 3.24. The van der Waals surface area contributed by atoms with Crippen LogP contribution in [0.1, 0.15) is 44.0 Å². The van der Waals surface area contributed by atoms with Crippen LogP contribution in [-0.2, 0) is 20.7 Å². The highest BCUT2D eigenvalue weighted by Gasteiger charge is 2.28. The Kier molecular flexibility index (Phi) is 9.59. The smallest absolute Gasteiger partial charge is 0.309 e. The number of carbonyl (C=O) groups is 2. The molecule has 2 aromatic carbocycles. The topological polar surface area (TPSA) is 86.5 Å². The predicted molar refractivity (Wildman–Crippen MR) is 143 cm³/mol. The molecule has 0 atom stereocenters. The second kappa shape index (κ2) is 13.3. The van der Waals surface area contributed by atoms with E-state index in [0.29, 0.717) is 45.4 Å².